The van der Waals surface area contributed by atoms with E-state index in [1.54, 1.807) is 63.7 Å². The Labute approximate surface area is 239 Å². The molecule has 1 aliphatic carbocycles. The highest BCUT2D eigenvalue weighted by Crippen LogP contribution is 2.40. The van der Waals surface area contributed by atoms with Crippen LogP contribution in [0, 0.1) is 17.2 Å². The number of carbonyl (C=O) groups is 1. The third-order valence-electron chi connectivity index (χ3n) is 7.72. The second-order valence-electron chi connectivity index (χ2n) is 12.5. The van der Waals surface area contributed by atoms with E-state index in [4.69, 9.17) is 9.84 Å². The molecule has 2 atom stereocenters. The Bertz CT molecular complexity index is 1710. The average Bonchev–Trinajstić information content (AvgIpc) is 3.37. The predicted octanol–water partition coefficient (Wildman–Crippen LogP) is 4.74. The molecule has 3 aromatic rings. The maximum atomic E-state index is 13.5. The van der Waals surface area contributed by atoms with E-state index < -0.39 is 27.1 Å². The Kier molecular flexibility index (Phi) is 7.24. The van der Waals surface area contributed by atoms with E-state index in [-0.39, 0.29) is 35.4 Å². The number of benzene rings is 1. The van der Waals surface area contributed by atoms with Crippen LogP contribution in [0.5, 0.6) is 0 Å². The van der Waals surface area contributed by atoms with E-state index in [0.29, 0.717) is 28.0 Å². The van der Waals surface area contributed by atoms with Crippen molar-refractivity contribution in [2.45, 2.75) is 95.3 Å². The van der Waals surface area contributed by atoms with Crippen LogP contribution in [0.3, 0.4) is 0 Å². The molecule has 41 heavy (non-hydrogen) atoms. The standard InChI is InChI=1S/C29H36N6O5S/c1-28(2,3)40-24(36)15-29(4,5)34-17-19-14-20(10-11-23(19)41(34,38)39)32-26-25-22(12-13-31-27(25)37)35(33-26)21-9-7-6-8-18(21)16-30/h10-14,18,21H,6-9,15,17H2,1-5H3,(H,31,37)(H,32,33). The minimum absolute atomic E-state index is 0.0880. The van der Waals surface area contributed by atoms with E-state index >= 15 is 0 Å². The molecule has 3 heterocycles. The molecule has 2 unspecified atom stereocenters. The number of sulfonamides is 1. The molecule has 0 bridgehead atoms. The van der Waals surface area contributed by atoms with Crippen LogP contribution in [0.25, 0.3) is 10.9 Å². The third-order valence-corrected chi connectivity index (χ3v) is 9.87. The molecule has 0 amide bonds. The molecule has 0 saturated heterocycles. The first-order chi connectivity index (χ1) is 19.2. The highest BCUT2D eigenvalue weighted by Gasteiger charge is 2.45. The number of anilines is 2. The van der Waals surface area contributed by atoms with Crippen LogP contribution in [0.15, 0.2) is 40.2 Å². The van der Waals surface area contributed by atoms with Gasteiger partial charge in [-0.05, 0) is 77.3 Å². The van der Waals surface area contributed by atoms with Crippen molar-refractivity contribution in [2.24, 2.45) is 5.92 Å². The van der Waals surface area contributed by atoms with Gasteiger partial charge in [-0.1, -0.05) is 12.8 Å². The second kappa shape index (κ2) is 10.3. The fourth-order valence-electron chi connectivity index (χ4n) is 5.88. The molecule has 12 heteroatoms. The summed E-state index contributed by atoms with van der Waals surface area (Å²) in [5.41, 5.74) is -0.219. The van der Waals surface area contributed by atoms with Gasteiger partial charge in [-0.3, -0.25) is 14.3 Å². The SMILES string of the molecule is CC(C)(C)OC(=O)CC(C)(C)N1Cc2cc(Nc3nn(C4CCCCC4C#N)c4cc[nH]c(=O)c34)ccc2S1(=O)=O. The zero-order chi connectivity index (χ0) is 29.7. The molecule has 1 fully saturated rings. The number of rotatable bonds is 6. The van der Waals surface area contributed by atoms with Crippen LogP contribution in [0.1, 0.15) is 78.3 Å². The molecule has 2 aliphatic rings. The van der Waals surface area contributed by atoms with E-state index in [1.165, 1.54) is 10.4 Å². The summed E-state index contributed by atoms with van der Waals surface area (Å²) in [5, 5.41) is 18.1. The topological polar surface area (TPSA) is 150 Å². The van der Waals surface area contributed by atoms with E-state index in [2.05, 4.69) is 16.4 Å². The molecule has 1 saturated carbocycles. The number of hydrogen-bond acceptors (Lipinski definition) is 8. The first-order valence-electron chi connectivity index (χ1n) is 13.9. The Balaban J connectivity index is 1.45. The van der Waals surface area contributed by atoms with Gasteiger partial charge in [-0.25, -0.2) is 8.42 Å². The van der Waals surface area contributed by atoms with Gasteiger partial charge < -0.3 is 15.0 Å². The maximum Gasteiger partial charge on any atom is 0.308 e. The number of nitriles is 1. The highest BCUT2D eigenvalue weighted by molar-refractivity contribution is 7.89. The van der Waals surface area contributed by atoms with Gasteiger partial charge in [-0.15, -0.1) is 0 Å². The summed E-state index contributed by atoms with van der Waals surface area (Å²) in [4.78, 5) is 28.3. The van der Waals surface area contributed by atoms with Crippen LogP contribution in [-0.2, 0) is 26.1 Å². The van der Waals surface area contributed by atoms with Crippen molar-refractivity contribution in [1.29, 1.82) is 5.26 Å². The lowest BCUT2D eigenvalue weighted by atomic mass is 9.85. The van der Waals surface area contributed by atoms with Crippen molar-refractivity contribution >= 4 is 38.4 Å². The molecule has 11 nitrogen and oxygen atoms in total. The first kappa shape index (κ1) is 28.8. The van der Waals surface area contributed by atoms with E-state index in [0.717, 1.165) is 25.7 Å². The van der Waals surface area contributed by atoms with Gasteiger partial charge >= 0.3 is 5.97 Å². The fourth-order valence-corrected chi connectivity index (χ4v) is 7.84. The van der Waals surface area contributed by atoms with Gasteiger partial charge in [0.15, 0.2) is 5.82 Å². The monoisotopic (exact) mass is 580 g/mol. The van der Waals surface area contributed by atoms with Crippen molar-refractivity contribution in [3.05, 3.63) is 46.4 Å². The van der Waals surface area contributed by atoms with Crippen LogP contribution in [0.4, 0.5) is 11.5 Å². The predicted molar refractivity (Wildman–Crippen MR) is 154 cm³/mol. The molecule has 5 rings (SSSR count). The maximum absolute atomic E-state index is 13.5. The van der Waals surface area contributed by atoms with Gasteiger partial charge in [0.05, 0.1) is 34.9 Å². The van der Waals surface area contributed by atoms with Crippen molar-refractivity contribution in [2.75, 3.05) is 5.32 Å². The highest BCUT2D eigenvalue weighted by atomic mass is 32.2. The van der Waals surface area contributed by atoms with Crippen LogP contribution in [-0.4, -0.2) is 44.6 Å². The number of esters is 1. The van der Waals surface area contributed by atoms with E-state index in [1.807, 2.05) is 0 Å². The summed E-state index contributed by atoms with van der Waals surface area (Å²) in [6.07, 6.45) is 5.03. The molecule has 1 aromatic carbocycles. The van der Waals surface area contributed by atoms with Gasteiger partial charge in [0.2, 0.25) is 10.0 Å². The van der Waals surface area contributed by atoms with Crippen molar-refractivity contribution in [1.82, 2.24) is 19.1 Å². The zero-order valence-corrected chi connectivity index (χ0v) is 24.8. The average molecular weight is 581 g/mol. The summed E-state index contributed by atoms with van der Waals surface area (Å²) < 4.78 is 35.5. The Morgan fingerprint density at radius 1 is 1.20 bits per heavy atom. The Morgan fingerprint density at radius 2 is 1.93 bits per heavy atom. The second-order valence-corrected chi connectivity index (χ2v) is 14.3. The smallest absolute Gasteiger partial charge is 0.308 e. The number of nitrogens with zero attached hydrogens (tertiary/aromatic N) is 4. The van der Waals surface area contributed by atoms with Crippen LogP contribution in [0.2, 0.25) is 0 Å². The number of hydrogen-bond donors (Lipinski definition) is 2. The lowest BCUT2D eigenvalue weighted by Gasteiger charge is -2.34. The Hall–Kier alpha value is -3.69. The van der Waals surface area contributed by atoms with Crippen LogP contribution < -0.4 is 10.9 Å². The molecule has 0 spiro atoms. The zero-order valence-electron chi connectivity index (χ0n) is 24.0. The number of aromatic nitrogens is 3. The fraction of sp³-hybridized carbons (Fsp3) is 0.517. The minimum Gasteiger partial charge on any atom is -0.460 e. The number of nitrogens with one attached hydrogen (secondary N) is 2. The Morgan fingerprint density at radius 3 is 2.63 bits per heavy atom. The molecule has 218 valence electrons. The van der Waals surface area contributed by atoms with E-state index in [9.17, 15) is 23.3 Å². The van der Waals surface area contributed by atoms with Gasteiger partial charge in [-0.2, -0.15) is 14.7 Å². The summed E-state index contributed by atoms with van der Waals surface area (Å²) in [7, 11) is -3.85. The lowest BCUT2D eigenvalue weighted by molar-refractivity contribution is -0.157. The van der Waals surface area contributed by atoms with Crippen LogP contribution >= 0.6 is 0 Å². The quantitative estimate of drug-likeness (QED) is 0.397. The lowest BCUT2D eigenvalue weighted by Crippen LogP contribution is -2.46. The number of aromatic amines is 1. The molecule has 0 radical (unpaired) electrons. The first-order valence-corrected chi connectivity index (χ1v) is 15.3. The summed E-state index contributed by atoms with van der Waals surface area (Å²) in [6.45, 7) is 8.82. The number of pyridine rings is 1. The van der Waals surface area contributed by atoms with Gasteiger partial charge in [0.1, 0.15) is 11.0 Å². The molecule has 2 N–H and O–H groups in total. The number of carbonyl (C=O) groups excluding carboxylic acids is 1. The molecular weight excluding hydrogens is 544 g/mol. The summed E-state index contributed by atoms with van der Waals surface area (Å²) >= 11 is 0. The van der Waals surface area contributed by atoms with Crippen molar-refractivity contribution < 1.29 is 17.9 Å². The summed E-state index contributed by atoms with van der Waals surface area (Å²) in [6, 6.07) is 8.97. The number of ether oxygens (including phenoxy) is 1. The third kappa shape index (κ3) is 5.48. The molecule has 2 aromatic heterocycles. The van der Waals surface area contributed by atoms with Crippen molar-refractivity contribution in [3.8, 4) is 6.07 Å². The number of H-pyrrole nitrogens is 1. The minimum atomic E-state index is -3.85. The largest absolute Gasteiger partial charge is 0.460 e. The molecule has 1 aliphatic heterocycles. The number of fused-ring (bicyclic) bond motifs is 2. The summed E-state index contributed by atoms with van der Waals surface area (Å²) in [5.74, 6) is -0.327. The van der Waals surface area contributed by atoms with Crippen molar-refractivity contribution in [3.63, 3.8) is 0 Å². The van der Waals surface area contributed by atoms with Gasteiger partial charge in [0, 0.05) is 24.0 Å². The molecular formula is C29H36N6O5S. The van der Waals surface area contributed by atoms with Gasteiger partial charge in [0.25, 0.3) is 5.56 Å². The normalized spacial score (nSPS) is 20.9.